The number of nitrogens with zero attached hydrogens (tertiary/aromatic N) is 5. The maximum atomic E-state index is 5.83. The minimum Gasteiger partial charge on any atom is -0.376 e. The van der Waals surface area contributed by atoms with Crippen molar-refractivity contribution in [3.05, 3.63) is 36.2 Å². The van der Waals surface area contributed by atoms with Crippen molar-refractivity contribution in [2.75, 3.05) is 29.5 Å². The summed E-state index contributed by atoms with van der Waals surface area (Å²) < 4.78 is 6.44. The first-order valence-electron chi connectivity index (χ1n) is 8.89. The molecule has 11 heteroatoms. The van der Waals surface area contributed by atoms with Gasteiger partial charge in [0.1, 0.15) is 5.82 Å². The zero-order chi connectivity index (χ0) is 19.2. The largest absolute Gasteiger partial charge is 0.376 e. The molecule has 1 saturated heterocycles. The quantitative estimate of drug-likeness (QED) is 0.472. The maximum absolute atomic E-state index is 5.83. The molecule has 3 heterocycles. The Balaban J connectivity index is 1.33. The Morgan fingerprint density at radius 1 is 1.18 bits per heavy atom. The third kappa shape index (κ3) is 5.27. The molecule has 0 aliphatic carbocycles. The van der Waals surface area contributed by atoms with Crippen molar-refractivity contribution in [2.24, 2.45) is 0 Å². The molecule has 146 valence electrons. The molecule has 1 aliphatic rings. The lowest BCUT2D eigenvalue weighted by atomic mass is 10.2. The van der Waals surface area contributed by atoms with Crippen molar-refractivity contribution >= 4 is 45.8 Å². The average Bonchev–Trinajstić information content (AvgIpc) is 3.37. The van der Waals surface area contributed by atoms with Crippen molar-refractivity contribution in [2.45, 2.75) is 29.0 Å². The number of ether oxygens (including phenoxy) is 1. The van der Waals surface area contributed by atoms with Crippen LogP contribution in [0.5, 0.6) is 0 Å². The van der Waals surface area contributed by atoms with Crippen LogP contribution >= 0.6 is 23.1 Å². The lowest BCUT2D eigenvalue weighted by Gasteiger charge is -2.08. The van der Waals surface area contributed by atoms with E-state index in [9.17, 15) is 0 Å². The van der Waals surface area contributed by atoms with E-state index in [0.717, 1.165) is 41.2 Å². The highest BCUT2D eigenvalue weighted by Crippen LogP contribution is 2.28. The van der Waals surface area contributed by atoms with E-state index < -0.39 is 0 Å². The van der Waals surface area contributed by atoms with E-state index in [1.165, 1.54) is 23.1 Å². The van der Waals surface area contributed by atoms with E-state index in [4.69, 9.17) is 10.5 Å². The lowest BCUT2D eigenvalue weighted by Crippen LogP contribution is -2.18. The fourth-order valence-corrected chi connectivity index (χ4v) is 4.30. The normalized spacial score (nSPS) is 16.2. The number of anilines is 4. The van der Waals surface area contributed by atoms with Gasteiger partial charge in [0.2, 0.25) is 17.0 Å². The van der Waals surface area contributed by atoms with Crippen LogP contribution in [0.2, 0.25) is 0 Å². The third-order valence-corrected chi connectivity index (χ3v) is 5.98. The summed E-state index contributed by atoms with van der Waals surface area (Å²) in [4.78, 5) is 12.8. The summed E-state index contributed by atoms with van der Waals surface area (Å²) in [5.74, 6) is 1.71. The fourth-order valence-electron chi connectivity index (χ4n) is 2.68. The molecule has 3 aromatic rings. The minimum atomic E-state index is 0.181. The molecule has 2 aromatic heterocycles. The van der Waals surface area contributed by atoms with Crippen LogP contribution in [-0.4, -0.2) is 44.4 Å². The van der Waals surface area contributed by atoms with Crippen molar-refractivity contribution in [1.82, 2.24) is 25.1 Å². The Hall–Kier alpha value is -2.50. The van der Waals surface area contributed by atoms with Crippen LogP contribution in [0.15, 0.2) is 34.7 Å². The van der Waals surface area contributed by atoms with E-state index in [2.05, 4.69) is 35.8 Å². The fraction of sp³-hybridized carbons (Fsp3) is 0.353. The first kappa shape index (κ1) is 18.8. The molecule has 28 heavy (non-hydrogen) atoms. The topological polar surface area (TPSA) is 124 Å². The van der Waals surface area contributed by atoms with Crippen molar-refractivity contribution in [1.29, 1.82) is 0 Å². The Bertz CT molecular complexity index is 901. The van der Waals surface area contributed by atoms with Crippen LogP contribution in [0, 0.1) is 0 Å². The van der Waals surface area contributed by atoms with Gasteiger partial charge in [0, 0.05) is 18.8 Å². The highest BCUT2D eigenvalue weighted by atomic mass is 32.2. The number of nitrogens with one attached hydrogen (secondary N) is 2. The number of aromatic nitrogens is 5. The molecule has 0 bridgehead atoms. The van der Waals surface area contributed by atoms with Gasteiger partial charge in [-0.05, 0) is 25.0 Å². The number of para-hydroxylation sites is 1. The monoisotopic (exact) mass is 416 g/mol. The Labute approximate surface area is 170 Å². The second-order valence-corrected chi connectivity index (χ2v) is 8.30. The molecule has 0 radical (unpaired) electrons. The first-order valence-corrected chi connectivity index (χ1v) is 10.7. The zero-order valence-electron chi connectivity index (χ0n) is 15.0. The van der Waals surface area contributed by atoms with E-state index in [1.54, 1.807) is 0 Å². The minimum absolute atomic E-state index is 0.181. The molecule has 1 aliphatic heterocycles. The van der Waals surface area contributed by atoms with Crippen molar-refractivity contribution < 1.29 is 4.74 Å². The molecule has 1 fully saturated rings. The molecular formula is C17H20N8OS2. The number of hydrogen-bond donors (Lipinski definition) is 3. The number of thioether (sulfide) groups is 1. The SMILES string of the molecule is Nc1nc(CSc2nnc(NC[C@@H]3CCCO3)s2)nc(Nc2ccccc2)n1. The van der Waals surface area contributed by atoms with Crippen LogP contribution < -0.4 is 16.4 Å². The number of nitrogen functional groups attached to an aromatic ring is 1. The van der Waals surface area contributed by atoms with Gasteiger partial charge in [-0.3, -0.25) is 0 Å². The first-order chi connectivity index (χ1) is 13.7. The van der Waals surface area contributed by atoms with Crippen molar-refractivity contribution in [3.8, 4) is 0 Å². The standard InChI is InChI=1S/C17H20N8OS2/c18-14-21-13(22-15(23-14)20-11-5-2-1-3-6-11)10-27-17-25-24-16(28-17)19-9-12-7-4-8-26-12/h1-3,5-6,12H,4,7-10H2,(H,19,24)(H3,18,20,21,22,23)/t12-/m0/s1. The molecule has 0 amide bonds. The van der Waals surface area contributed by atoms with E-state index >= 15 is 0 Å². The van der Waals surface area contributed by atoms with Gasteiger partial charge in [0.15, 0.2) is 4.34 Å². The molecule has 1 atom stereocenters. The predicted octanol–water partition coefficient (Wildman–Crippen LogP) is 2.93. The molecule has 4 N–H and O–H groups in total. The van der Waals surface area contributed by atoms with Crippen molar-refractivity contribution in [3.63, 3.8) is 0 Å². The molecular weight excluding hydrogens is 396 g/mol. The van der Waals surface area contributed by atoms with Crippen LogP contribution in [0.3, 0.4) is 0 Å². The predicted molar refractivity (Wildman–Crippen MR) is 111 cm³/mol. The van der Waals surface area contributed by atoms with Crippen LogP contribution in [0.4, 0.5) is 22.7 Å². The smallest absolute Gasteiger partial charge is 0.232 e. The van der Waals surface area contributed by atoms with Gasteiger partial charge in [-0.1, -0.05) is 41.3 Å². The number of hydrogen-bond acceptors (Lipinski definition) is 11. The molecule has 0 saturated carbocycles. The maximum Gasteiger partial charge on any atom is 0.232 e. The summed E-state index contributed by atoms with van der Waals surface area (Å²) in [6.07, 6.45) is 2.48. The molecule has 0 spiro atoms. The number of benzene rings is 1. The highest BCUT2D eigenvalue weighted by molar-refractivity contribution is 8.00. The second-order valence-electron chi connectivity index (χ2n) is 6.10. The van der Waals surface area contributed by atoms with E-state index in [0.29, 0.717) is 17.5 Å². The molecule has 0 unspecified atom stereocenters. The summed E-state index contributed by atoms with van der Waals surface area (Å²) in [5.41, 5.74) is 6.71. The third-order valence-electron chi connectivity index (χ3n) is 3.97. The Morgan fingerprint density at radius 3 is 2.89 bits per heavy atom. The number of nitrogens with two attached hydrogens (primary N) is 1. The number of rotatable bonds is 8. The summed E-state index contributed by atoms with van der Waals surface area (Å²) in [5, 5.41) is 15.6. The lowest BCUT2D eigenvalue weighted by molar-refractivity contribution is 0.120. The Morgan fingerprint density at radius 2 is 2.07 bits per heavy atom. The van der Waals surface area contributed by atoms with Crippen LogP contribution in [0.25, 0.3) is 0 Å². The molecule has 4 rings (SSSR count). The second kappa shape index (κ2) is 9.13. The average molecular weight is 417 g/mol. The summed E-state index contributed by atoms with van der Waals surface area (Å²) >= 11 is 3.02. The molecule has 1 aromatic carbocycles. The summed E-state index contributed by atoms with van der Waals surface area (Å²) in [6.45, 7) is 1.61. The van der Waals surface area contributed by atoms with Gasteiger partial charge >= 0.3 is 0 Å². The summed E-state index contributed by atoms with van der Waals surface area (Å²) in [7, 11) is 0. The van der Waals surface area contributed by atoms with E-state index in [-0.39, 0.29) is 12.1 Å². The zero-order valence-corrected chi connectivity index (χ0v) is 16.7. The van der Waals surface area contributed by atoms with Crippen LogP contribution in [0.1, 0.15) is 18.7 Å². The van der Waals surface area contributed by atoms with Gasteiger partial charge < -0.3 is 21.1 Å². The van der Waals surface area contributed by atoms with Gasteiger partial charge in [-0.15, -0.1) is 10.2 Å². The summed E-state index contributed by atoms with van der Waals surface area (Å²) in [6, 6.07) is 9.68. The molecule has 9 nitrogen and oxygen atoms in total. The van der Waals surface area contributed by atoms with Gasteiger partial charge in [-0.25, -0.2) is 0 Å². The highest BCUT2D eigenvalue weighted by Gasteiger charge is 2.16. The van der Waals surface area contributed by atoms with Gasteiger partial charge in [-0.2, -0.15) is 15.0 Å². The Kier molecular flexibility index (Phi) is 6.14. The van der Waals surface area contributed by atoms with Crippen LogP contribution in [-0.2, 0) is 10.5 Å². The van der Waals surface area contributed by atoms with Gasteiger partial charge in [0.25, 0.3) is 0 Å². The van der Waals surface area contributed by atoms with Gasteiger partial charge in [0.05, 0.1) is 11.9 Å². The van der Waals surface area contributed by atoms with E-state index in [1.807, 2.05) is 30.3 Å².